The van der Waals surface area contributed by atoms with Crippen LogP contribution < -0.4 is 20.7 Å². The van der Waals surface area contributed by atoms with Crippen molar-refractivity contribution in [1.29, 1.82) is 0 Å². The van der Waals surface area contributed by atoms with Gasteiger partial charge in [-0.15, -0.1) is 10.2 Å². The molecule has 11 heteroatoms. The smallest absolute Gasteiger partial charge is 0.273 e. The van der Waals surface area contributed by atoms with Gasteiger partial charge < -0.3 is 20.7 Å². The van der Waals surface area contributed by atoms with Crippen molar-refractivity contribution >= 4 is 29.0 Å². The number of rotatable bonds is 8. The van der Waals surface area contributed by atoms with Crippen LogP contribution in [-0.2, 0) is 4.79 Å². The highest BCUT2D eigenvalue weighted by atomic mass is 19.3. The molecule has 1 aliphatic carbocycles. The number of nitrogens with one attached hydrogen (secondary N) is 3. The minimum absolute atomic E-state index is 0.0873. The van der Waals surface area contributed by atoms with E-state index in [1.165, 1.54) is 19.2 Å². The fourth-order valence-electron chi connectivity index (χ4n) is 3.46. The summed E-state index contributed by atoms with van der Waals surface area (Å²) in [7, 11) is 1.40. The van der Waals surface area contributed by atoms with Gasteiger partial charge >= 0.3 is 0 Å². The van der Waals surface area contributed by atoms with Gasteiger partial charge in [-0.1, -0.05) is 6.07 Å². The van der Waals surface area contributed by atoms with Gasteiger partial charge in [0, 0.05) is 39.9 Å². The summed E-state index contributed by atoms with van der Waals surface area (Å²) in [6, 6.07) is 7.66. The number of carbonyl (C=O) groups excluding carboxylic acids is 2. The van der Waals surface area contributed by atoms with E-state index < -0.39 is 19.3 Å². The molecule has 0 saturated heterocycles. The number of benzene rings is 1. The monoisotopic (exact) mass is 485 g/mol. The first kappa shape index (κ1) is 20.2. The summed E-state index contributed by atoms with van der Waals surface area (Å²) in [6.07, 6.45) is -0.0668. The Kier molecular flexibility index (Phi) is 5.78. The molecule has 182 valence electrons. The van der Waals surface area contributed by atoms with E-state index in [2.05, 4.69) is 25.8 Å². The SMILES string of the molecule is [2H]C([2H])([2H])NC(=O)c1nnc(NC(=O)C2CC2)c(C)c1Nc1cccc(-c2ccc(C(F)F)cn2)c1OC. The van der Waals surface area contributed by atoms with Crippen molar-refractivity contribution in [3.63, 3.8) is 0 Å². The molecule has 0 atom stereocenters. The maximum absolute atomic E-state index is 13.0. The summed E-state index contributed by atoms with van der Waals surface area (Å²) in [6.45, 7) is -1.19. The van der Waals surface area contributed by atoms with Crippen LogP contribution in [0.4, 0.5) is 26.0 Å². The average molecular weight is 486 g/mol. The van der Waals surface area contributed by atoms with E-state index in [0.717, 1.165) is 19.0 Å². The van der Waals surface area contributed by atoms with Crippen LogP contribution in [0, 0.1) is 12.8 Å². The Balaban J connectivity index is 1.76. The highest BCUT2D eigenvalue weighted by Gasteiger charge is 2.31. The van der Waals surface area contributed by atoms with Gasteiger partial charge in [0.2, 0.25) is 5.91 Å². The minimum atomic E-state index is -2.78. The molecular weight excluding hydrogens is 458 g/mol. The Bertz CT molecular complexity index is 1370. The standard InChI is InChI=1S/C24H24F2N6O3/c1-12-18(19(24(34)27-2)31-32-22(12)30-23(33)13-7-8-13)29-17-6-4-5-15(20(17)35-3)16-10-9-14(11-28-16)21(25)26/h4-6,9-11,13,21H,7-8H2,1-3H3,(H,27,34)(H2,29,30,32,33)/i2D3. The van der Waals surface area contributed by atoms with Crippen LogP contribution in [0.3, 0.4) is 0 Å². The number of pyridine rings is 1. The van der Waals surface area contributed by atoms with Crippen LogP contribution in [-0.4, -0.2) is 41.1 Å². The van der Waals surface area contributed by atoms with Crippen molar-refractivity contribution in [3.05, 3.63) is 53.3 Å². The Labute approximate surface area is 204 Å². The molecule has 0 unspecified atom stereocenters. The molecule has 3 N–H and O–H groups in total. The summed E-state index contributed by atoms with van der Waals surface area (Å²) in [5, 5.41) is 15.5. The predicted octanol–water partition coefficient (Wildman–Crippen LogP) is 4.24. The number of para-hydroxylation sites is 1. The molecule has 1 fully saturated rings. The first-order valence-electron chi connectivity index (χ1n) is 12.2. The average Bonchev–Trinajstić information content (AvgIpc) is 3.71. The third kappa shape index (κ3) is 5.03. The quantitative estimate of drug-likeness (QED) is 0.437. The number of carbonyl (C=O) groups is 2. The van der Waals surface area contributed by atoms with Gasteiger partial charge in [-0.2, -0.15) is 0 Å². The summed E-state index contributed by atoms with van der Waals surface area (Å²) in [5.41, 5.74) is 1.02. The number of methoxy groups -OCH3 is 1. The molecule has 0 radical (unpaired) electrons. The van der Waals surface area contributed by atoms with Crippen molar-refractivity contribution in [2.75, 3.05) is 24.7 Å². The zero-order chi connectivity index (χ0) is 27.6. The van der Waals surface area contributed by atoms with Gasteiger partial charge in [0.05, 0.1) is 24.2 Å². The maximum Gasteiger partial charge on any atom is 0.273 e. The van der Waals surface area contributed by atoms with E-state index in [1.807, 2.05) is 5.32 Å². The molecule has 2 heterocycles. The molecule has 9 nitrogen and oxygen atoms in total. The molecule has 0 spiro atoms. The normalized spacial score (nSPS) is 14.5. The molecule has 1 saturated carbocycles. The van der Waals surface area contributed by atoms with Crippen LogP contribution in [0.25, 0.3) is 11.3 Å². The third-order valence-electron chi connectivity index (χ3n) is 5.53. The number of halogens is 2. The van der Waals surface area contributed by atoms with Crippen molar-refractivity contribution in [1.82, 2.24) is 20.5 Å². The van der Waals surface area contributed by atoms with Gasteiger partial charge in [-0.3, -0.25) is 14.6 Å². The molecule has 3 aromatic rings. The van der Waals surface area contributed by atoms with Gasteiger partial charge in [0.15, 0.2) is 17.3 Å². The van der Waals surface area contributed by atoms with Crippen molar-refractivity contribution in [2.24, 2.45) is 5.92 Å². The topological polar surface area (TPSA) is 118 Å². The van der Waals surface area contributed by atoms with E-state index in [1.54, 1.807) is 25.1 Å². The first-order valence-corrected chi connectivity index (χ1v) is 10.7. The van der Waals surface area contributed by atoms with Crippen molar-refractivity contribution in [3.8, 4) is 17.0 Å². The Morgan fingerprint density at radius 3 is 2.63 bits per heavy atom. The lowest BCUT2D eigenvalue weighted by atomic mass is 10.1. The number of aromatic nitrogens is 3. The second-order valence-electron chi connectivity index (χ2n) is 7.90. The summed E-state index contributed by atoms with van der Waals surface area (Å²) >= 11 is 0. The summed E-state index contributed by atoms with van der Waals surface area (Å²) < 4.78 is 53.7. The van der Waals surface area contributed by atoms with E-state index >= 15 is 0 Å². The number of alkyl halides is 2. The first-order chi connectivity index (χ1) is 18.0. The molecule has 0 bridgehead atoms. The molecule has 0 aliphatic heterocycles. The van der Waals surface area contributed by atoms with E-state index in [4.69, 9.17) is 8.85 Å². The fraction of sp³-hybridized carbons (Fsp3) is 0.292. The van der Waals surface area contributed by atoms with E-state index in [9.17, 15) is 18.4 Å². The molecular formula is C24H24F2N6O3. The van der Waals surface area contributed by atoms with Crippen LogP contribution in [0.1, 0.15) is 45.0 Å². The van der Waals surface area contributed by atoms with Crippen molar-refractivity contribution in [2.45, 2.75) is 26.2 Å². The number of hydrogen-bond donors (Lipinski definition) is 3. The zero-order valence-corrected chi connectivity index (χ0v) is 18.9. The lowest BCUT2D eigenvalue weighted by molar-refractivity contribution is -0.117. The summed E-state index contributed by atoms with van der Waals surface area (Å²) in [4.78, 5) is 29.3. The molecule has 35 heavy (non-hydrogen) atoms. The highest BCUT2D eigenvalue weighted by Crippen LogP contribution is 2.39. The third-order valence-corrected chi connectivity index (χ3v) is 5.53. The highest BCUT2D eigenvalue weighted by molar-refractivity contribution is 6.01. The number of ether oxygens (including phenoxy) is 1. The second-order valence-corrected chi connectivity index (χ2v) is 7.90. The van der Waals surface area contributed by atoms with Gasteiger partial charge in [0.25, 0.3) is 12.3 Å². The van der Waals surface area contributed by atoms with E-state index in [0.29, 0.717) is 22.5 Å². The van der Waals surface area contributed by atoms with E-state index in [-0.39, 0.29) is 40.3 Å². The largest absolute Gasteiger partial charge is 0.494 e. The van der Waals surface area contributed by atoms with Gasteiger partial charge in [0.1, 0.15) is 0 Å². The van der Waals surface area contributed by atoms with Gasteiger partial charge in [-0.05, 0) is 44.0 Å². The number of nitrogens with zero attached hydrogens (tertiary/aromatic N) is 3. The number of amides is 2. The molecule has 4 rings (SSSR count). The molecule has 2 amide bonds. The van der Waals surface area contributed by atoms with Crippen LogP contribution >= 0.6 is 0 Å². The van der Waals surface area contributed by atoms with Gasteiger partial charge in [-0.25, -0.2) is 8.78 Å². The lowest BCUT2D eigenvalue weighted by Gasteiger charge is -2.19. The Morgan fingerprint density at radius 1 is 1.20 bits per heavy atom. The fourth-order valence-corrected chi connectivity index (χ4v) is 3.46. The minimum Gasteiger partial charge on any atom is -0.494 e. The molecule has 1 aliphatic rings. The summed E-state index contributed by atoms with van der Waals surface area (Å²) in [5.74, 6) is -0.985. The lowest BCUT2D eigenvalue weighted by Crippen LogP contribution is -2.23. The zero-order valence-electron chi connectivity index (χ0n) is 21.9. The molecule has 2 aromatic heterocycles. The van der Waals surface area contributed by atoms with Crippen LogP contribution in [0.2, 0.25) is 0 Å². The number of anilines is 3. The number of hydrogen-bond acceptors (Lipinski definition) is 7. The van der Waals surface area contributed by atoms with Crippen LogP contribution in [0.5, 0.6) is 5.75 Å². The predicted molar refractivity (Wildman–Crippen MR) is 126 cm³/mol. The Hall–Kier alpha value is -4.15. The van der Waals surface area contributed by atoms with Crippen molar-refractivity contribution < 1.29 is 27.2 Å². The maximum atomic E-state index is 13.0. The second kappa shape index (κ2) is 10.00. The molecule has 1 aromatic carbocycles. The Morgan fingerprint density at radius 2 is 2.00 bits per heavy atom. The van der Waals surface area contributed by atoms with Crippen LogP contribution in [0.15, 0.2) is 36.5 Å².